The second kappa shape index (κ2) is 65.1. The number of esters is 1. The van der Waals surface area contributed by atoms with Gasteiger partial charge in [0.15, 0.2) is 0 Å². The second-order valence-electron chi connectivity index (χ2n) is 23.9. The van der Waals surface area contributed by atoms with Crippen LogP contribution in [0.3, 0.4) is 0 Å². The highest BCUT2D eigenvalue weighted by Crippen LogP contribution is 2.19. The summed E-state index contributed by atoms with van der Waals surface area (Å²) in [5, 5.41) is 23.3. The lowest BCUT2D eigenvalue weighted by Gasteiger charge is -2.22. The van der Waals surface area contributed by atoms with Crippen LogP contribution in [0.15, 0.2) is 12.2 Å². The van der Waals surface area contributed by atoms with Crippen molar-refractivity contribution in [3.63, 3.8) is 0 Å². The minimum atomic E-state index is -0.663. The zero-order chi connectivity index (χ0) is 54.3. The Balaban J connectivity index is 3.34. The predicted molar refractivity (Wildman–Crippen MR) is 329 cm³/mol. The van der Waals surface area contributed by atoms with Crippen LogP contribution >= 0.6 is 0 Å². The highest BCUT2D eigenvalue weighted by atomic mass is 16.5. The van der Waals surface area contributed by atoms with Gasteiger partial charge in [-0.25, -0.2) is 0 Å². The average Bonchev–Trinajstić information content (AvgIpc) is 3.41. The van der Waals surface area contributed by atoms with Gasteiger partial charge in [0.25, 0.3) is 0 Å². The van der Waals surface area contributed by atoms with E-state index >= 15 is 0 Å². The molecule has 2 atom stereocenters. The van der Waals surface area contributed by atoms with Crippen LogP contribution in [0.25, 0.3) is 0 Å². The van der Waals surface area contributed by atoms with E-state index in [0.29, 0.717) is 25.9 Å². The Morgan fingerprint density at radius 1 is 0.360 bits per heavy atom. The number of hydrogen-bond acceptors (Lipinski definition) is 5. The van der Waals surface area contributed by atoms with E-state index in [1.165, 1.54) is 315 Å². The fraction of sp³-hybridized carbons (Fsp3) is 0.942. The first kappa shape index (κ1) is 73.6. The third-order valence-electron chi connectivity index (χ3n) is 16.3. The average molecular weight is 1060 g/mol. The number of aliphatic hydroxyl groups is 2. The monoisotopic (exact) mass is 1060 g/mol. The van der Waals surface area contributed by atoms with Crippen molar-refractivity contribution in [1.29, 1.82) is 0 Å². The molecule has 75 heavy (non-hydrogen) atoms. The molecule has 0 rings (SSSR count). The van der Waals surface area contributed by atoms with Crippen molar-refractivity contribution in [3.05, 3.63) is 12.2 Å². The van der Waals surface area contributed by atoms with Gasteiger partial charge < -0.3 is 20.3 Å². The first-order valence-corrected chi connectivity index (χ1v) is 34.4. The van der Waals surface area contributed by atoms with Crippen LogP contribution in [0, 0.1) is 0 Å². The van der Waals surface area contributed by atoms with Gasteiger partial charge in [0.1, 0.15) is 0 Å². The molecule has 0 aliphatic rings. The largest absolute Gasteiger partial charge is 0.466 e. The van der Waals surface area contributed by atoms with Crippen molar-refractivity contribution in [2.75, 3.05) is 13.2 Å². The smallest absolute Gasteiger partial charge is 0.305 e. The van der Waals surface area contributed by atoms with E-state index in [9.17, 15) is 19.8 Å². The maximum Gasteiger partial charge on any atom is 0.305 e. The number of rotatable bonds is 65. The van der Waals surface area contributed by atoms with Crippen molar-refractivity contribution in [2.24, 2.45) is 0 Å². The van der Waals surface area contributed by atoms with Crippen LogP contribution in [0.1, 0.15) is 393 Å². The molecule has 0 aromatic rings. The van der Waals surface area contributed by atoms with Gasteiger partial charge >= 0.3 is 5.97 Å². The molecule has 0 heterocycles. The summed E-state index contributed by atoms with van der Waals surface area (Å²) in [6, 6.07) is -0.540. The van der Waals surface area contributed by atoms with Gasteiger partial charge in [-0.15, -0.1) is 0 Å². The van der Waals surface area contributed by atoms with Crippen LogP contribution < -0.4 is 5.32 Å². The zero-order valence-corrected chi connectivity index (χ0v) is 51.1. The molecule has 6 nitrogen and oxygen atoms in total. The second-order valence-corrected chi connectivity index (χ2v) is 23.9. The van der Waals surface area contributed by atoms with Crippen molar-refractivity contribution in [3.8, 4) is 0 Å². The number of allylic oxidation sites excluding steroid dienone is 2. The molecule has 0 aliphatic carbocycles. The molecule has 0 aliphatic heterocycles. The molecule has 0 saturated carbocycles. The van der Waals surface area contributed by atoms with Crippen LogP contribution in [-0.4, -0.2) is 47.4 Å². The van der Waals surface area contributed by atoms with Crippen molar-refractivity contribution >= 4 is 11.9 Å². The quantitative estimate of drug-likeness (QED) is 0.0320. The minimum Gasteiger partial charge on any atom is -0.466 e. The Labute approximate surface area is 469 Å². The Morgan fingerprint density at radius 3 is 0.947 bits per heavy atom. The van der Waals surface area contributed by atoms with Crippen LogP contribution in [0.4, 0.5) is 0 Å². The van der Waals surface area contributed by atoms with Crippen molar-refractivity contribution < 1.29 is 24.5 Å². The molecule has 0 fully saturated rings. The molecule has 0 aromatic heterocycles. The summed E-state index contributed by atoms with van der Waals surface area (Å²) < 4.78 is 5.50. The Hall–Kier alpha value is -1.40. The van der Waals surface area contributed by atoms with E-state index in [1.807, 2.05) is 0 Å². The number of ether oxygens (including phenoxy) is 1. The summed E-state index contributed by atoms with van der Waals surface area (Å²) in [6.45, 7) is 4.99. The summed E-state index contributed by atoms with van der Waals surface area (Å²) in [6.07, 6.45) is 79.6. The number of nitrogens with one attached hydrogen (secondary N) is 1. The van der Waals surface area contributed by atoms with Gasteiger partial charge in [-0.2, -0.15) is 0 Å². The minimum absolute atomic E-state index is 0.0136. The van der Waals surface area contributed by atoms with Crippen molar-refractivity contribution in [2.45, 2.75) is 405 Å². The van der Waals surface area contributed by atoms with Gasteiger partial charge in [-0.3, -0.25) is 9.59 Å². The number of aliphatic hydroxyl groups excluding tert-OH is 2. The summed E-state index contributed by atoms with van der Waals surface area (Å²) in [4.78, 5) is 24.6. The van der Waals surface area contributed by atoms with Gasteiger partial charge in [0.2, 0.25) is 5.91 Å². The summed E-state index contributed by atoms with van der Waals surface area (Å²) in [5.41, 5.74) is 0. The zero-order valence-electron chi connectivity index (χ0n) is 51.1. The third-order valence-corrected chi connectivity index (χ3v) is 16.3. The molecular formula is C69H135NO5. The molecule has 2 unspecified atom stereocenters. The van der Waals surface area contributed by atoms with E-state index in [0.717, 1.165) is 44.9 Å². The maximum atomic E-state index is 12.5. The van der Waals surface area contributed by atoms with E-state index in [1.54, 1.807) is 0 Å². The van der Waals surface area contributed by atoms with Gasteiger partial charge in [-0.05, 0) is 51.4 Å². The van der Waals surface area contributed by atoms with E-state index in [4.69, 9.17) is 4.74 Å². The number of carbonyl (C=O) groups is 2. The van der Waals surface area contributed by atoms with Gasteiger partial charge in [0.05, 0.1) is 25.4 Å². The molecule has 3 N–H and O–H groups in total. The normalized spacial score (nSPS) is 12.5. The Morgan fingerprint density at radius 2 is 0.627 bits per heavy atom. The van der Waals surface area contributed by atoms with Crippen LogP contribution in [0.5, 0.6) is 0 Å². The molecule has 6 heteroatoms. The third kappa shape index (κ3) is 61.7. The Bertz CT molecular complexity index is 1130. The first-order chi connectivity index (χ1) is 37.0. The topological polar surface area (TPSA) is 95.9 Å². The van der Waals surface area contributed by atoms with Gasteiger partial charge in [0, 0.05) is 12.8 Å². The molecule has 0 radical (unpaired) electrons. The van der Waals surface area contributed by atoms with Crippen LogP contribution in [0.2, 0.25) is 0 Å². The summed E-state index contributed by atoms with van der Waals surface area (Å²) in [5.74, 6) is -0.0167. The number of unbranched alkanes of at least 4 members (excludes halogenated alkanes) is 52. The summed E-state index contributed by atoms with van der Waals surface area (Å²) >= 11 is 0. The standard InChI is InChI=1S/C69H135NO5/c1-3-5-7-9-11-13-15-17-19-21-31-35-39-43-47-51-55-59-63-69(74)75-64-60-56-52-48-44-40-36-32-29-27-25-23-22-24-26-28-30-34-38-42-46-50-54-58-62-68(73)70-66(65-71)67(72)61-57-53-49-45-41-37-33-20-18-16-14-12-10-8-6-4-2/h19,21,66-67,71-72H,3-18,20,22-65H2,1-2H3,(H,70,73)/b21-19-. The fourth-order valence-electron chi connectivity index (χ4n) is 11.1. The number of carbonyl (C=O) groups excluding carboxylic acids is 2. The van der Waals surface area contributed by atoms with Crippen LogP contribution in [-0.2, 0) is 14.3 Å². The predicted octanol–water partition coefficient (Wildman–Crippen LogP) is 22.0. The number of hydrogen-bond donors (Lipinski definition) is 3. The molecule has 1 amide bonds. The fourth-order valence-corrected chi connectivity index (χ4v) is 11.1. The van der Waals surface area contributed by atoms with E-state index < -0.39 is 12.1 Å². The van der Waals surface area contributed by atoms with E-state index in [-0.39, 0.29) is 18.5 Å². The SMILES string of the molecule is CCCCCCCCC/C=C\CCCCCCCCCC(=O)OCCCCCCCCCCCCCCCCCCCCCCCCCCC(=O)NC(CO)C(O)CCCCCCCCCCCCCCCCCC. The summed E-state index contributed by atoms with van der Waals surface area (Å²) in [7, 11) is 0. The lowest BCUT2D eigenvalue weighted by atomic mass is 10.0. The number of amides is 1. The molecule has 446 valence electrons. The molecular weight excluding hydrogens is 923 g/mol. The lowest BCUT2D eigenvalue weighted by molar-refractivity contribution is -0.143. The molecule has 0 saturated heterocycles. The van der Waals surface area contributed by atoms with Crippen molar-refractivity contribution in [1.82, 2.24) is 5.32 Å². The van der Waals surface area contributed by atoms with E-state index in [2.05, 4.69) is 31.3 Å². The highest BCUT2D eigenvalue weighted by Gasteiger charge is 2.20. The maximum absolute atomic E-state index is 12.5. The molecule has 0 spiro atoms. The van der Waals surface area contributed by atoms with Gasteiger partial charge in [-0.1, -0.05) is 341 Å². The molecule has 0 bridgehead atoms. The lowest BCUT2D eigenvalue weighted by Crippen LogP contribution is -2.45. The Kier molecular flexibility index (Phi) is 63.9. The molecule has 0 aromatic carbocycles. The first-order valence-electron chi connectivity index (χ1n) is 34.4. The highest BCUT2D eigenvalue weighted by molar-refractivity contribution is 5.76.